The third-order valence-electron chi connectivity index (χ3n) is 7.23. The maximum Gasteiger partial charge on any atom is 0.346 e. The quantitative estimate of drug-likeness (QED) is 0.181. The number of hydrogen-bond acceptors (Lipinski definition) is 8. The Bertz CT molecular complexity index is 1860. The molecule has 2 heterocycles. The minimum Gasteiger partial charge on any atom is -0.386 e. The maximum atomic E-state index is 13.5. The molecule has 0 aliphatic carbocycles. The van der Waals surface area contributed by atoms with Crippen LogP contribution >= 0.6 is 0 Å². The van der Waals surface area contributed by atoms with E-state index in [1.807, 2.05) is 0 Å². The van der Waals surface area contributed by atoms with Crippen molar-refractivity contribution < 1.29 is 38.2 Å². The van der Waals surface area contributed by atoms with Gasteiger partial charge in [-0.25, -0.2) is 19.2 Å². The predicted molar refractivity (Wildman–Crippen MR) is 141 cm³/mol. The molecule has 7 rings (SSSR count). The number of benzene rings is 5. The fourth-order valence-electron chi connectivity index (χ4n) is 5.36. The Balaban J connectivity index is 1.26. The zero-order valence-electron chi connectivity index (χ0n) is 20.3. The molecule has 0 atom stereocenters. The predicted octanol–water partition coefficient (Wildman–Crippen LogP) is 5.08. The van der Waals surface area contributed by atoms with Crippen LogP contribution in [0.15, 0.2) is 84.9 Å². The van der Waals surface area contributed by atoms with E-state index in [0.717, 1.165) is 0 Å². The average molecular weight is 526 g/mol. The SMILES string of the molecule is O=C(c1ccc(C(=O)c2ccc3c4c(cccc24)C(=O)OC3=O)cc1)c1ccc2c3c(cccc13)C(=O)OC2=O. The third-order valence-corrected chi connectivity index (χ3v) is 7.23. The normalized spacial score (nSPS) is 13.8. The van der Waals surface area contributed by atoms with Gasteiger partial charge < -0.3 is 9.47 Å². The van der Waals surface area contributed by atoms with Gasteiger partial charge in [-0.15, -0.1) is 0 Å². The number of hydrogen-bond donors (Lipinski definition) is 0. The van der Waals surface area contributed by atoms with Crippen molar-refractivity contribution >= 4 is 57.0 Å². The summed E-state index contributed by atoms with van der Waals surface area (Å²) in [5, 5.41) is 1.63. The molecule has 0 spiro atoms. The van der Waals surface area contributed by atoms with Crippen LogP contribution in [0.3, 0.4) is 0 Å². The molecule has 2 aliphatic heterocycles. The summed E-state index contributed by atoms with van der Waals surface area (Å²) in [6, 6.07) is 21.7. The number of ketones is 2. The summed E-state index contributed by atoms with van der Waals surface area (Å²) >= 11 is 0. The van der Waals surface area contributed by atoms with E-state index in [1.165, 1.54) is 60.7 Å². The lowest BCUT2D eigenvalue weighted by Gasteiger charge is -2.17. The minimum atomic E-state index is -0.768. The number of cyclic esters (lactones) is 4. The summed E-state index contributed by atoms with van der Waals surface area (Å²) in [5.41, 5.74) is 2.01. The van der Waals surface area contributed by atoms with Crippen molar-refractivity contribution in [3.63, 3.8) is 0 Å². The lowest BCUT2D eigenvalue weighted by Crippen LogP contribution is -2.20. The standard InChI is InChI=1S/C32H14O8/c33-27(19-11-13-23-25-17(19)3-1-5-21(25)29(35)39-31(23)37)15-7-9-16(10-8-15)28(34)20-12-14-24-26-18(20)4-2-6-22(26)30(36)40-32(24)38/h1-14H. The largest absolute Gasteiger partial charge is 0.386 e. The van der Waals surface area contributed by atoms with Crippen LogP contribution in [0.25, 0.3) is 21.5 Å². The Morgan fingerprint density at radius 2 is 0.775 bits per heavy atom. The Hall–Kier alpha value is -5.76. The highest BCUT2D eigenvalue weighted by Gasteiger charge is 2.30. The first-order valence-electron chi connectivity index (χ1n) is 12.2. The van der Waals surface area contributed by atoms with Crippen LogP contribution in [0.5, 0.6) is 0 Å². The topological polar surface area (TPSA) is 121 Å². The van der Waals surface area contributed by atoms with Crippen LogP contribution in [0.2, 0.25) is 0 Å². The molecule has 0 aromatic heterocycles. The molecule has 8 nitrogen and oxygen atoms in total. The van der Waals surface area contributed by atoms with E-state index in [9.17, 15) is 28.8 Å². The molecule has 5 aromatic carbocycles. The molecule has 0 fully saturated rings. The van der Waals surface area contributed by atoms with Gasteiger partial charge in [0, 0.05) is 33.0 Å². The number of rotatable bonds is 4. The first-order chi connectivity index (χ1) is 19.3. The molecule has 0 bridgehead atoms. The van der Waals surface area contributed by atoms with Crippen LogP contribution < -0.4 is 0 Å². The van der Waals surface area contributed by atoms with Gasteiger partial charge in [0.05, 0.1) is 22.3 Å². The maximum absolute atomic E-state index is 13.5. The van der Waals surface area contributed by atoms with Gasteiger partial charge in [-0.1, -0.05) is 48.5 Å². The molecule has 8 heteroatoms. The van der Waals surface area contributed by atoms with Crippen LogP contribution in [0.1, 0.15) is 73.3 Å². The van der Waals surface area contributed by atoms with Gasteiger partial charge in [0.15, 0.2) is 11.6 Å². The number of esters is 4. The van der Waals surface area contributed by atoms with E-state index in [1.54, 1.807) is 24.3 Å². The molecule has 40 heavy (non-hydrogen) atoms. The zero-order chi connectivity index (χ0) is 27.7. The molecule has 0 N–H and O–H groups in total. The van der Waals surface area contributed by atoms with Gasteiger partial charge in [-0.2, -0.15) is 0 Å². The number of carbonyl (C=O) groups is 6. The molecular formula is C32H14O8. The van der Waals surface area contributed by atoms with Crippen molar-refractivity contribution in [3.8, 4) is 0 Å². The van der Waals surface area contributed by atoms with Crippen molar-refractivity contribution in [3.05, 3.63) is 129 Å². The molecule has 190 valence electrons. The van der Waals surface area contributed by atoms with E-state index < -0.39 is 23.9 Å². The number of ether oxygens (including phenoxy) is 2. The third kappa shape index (κ3) is 3.26. The number of carbonyl (C=O) groups excluding carboxylic acids is 6. The Morgan fingerprint density at radius 3 is 1.15 bits per heavy atom. The summed E-state index contributed by atoms with van der Waals surface area (Å²) in [7, 11) is 0. The second kappa shape index (κ2) is 8.37. The molecule has 0 saturated carbocycles. The zero-order valence-corrected chi connectivity index (χ0v) is 20.3. The Labute approximate surface area is 224 Å². The monoisotopic (exact) mass is 526 g/mol. The average Bonchev–Trinajstić information content (AvgIpc) is 2.97. The van der Waals surface area contributed by atoms with Gasteiger partial charge in [-0.05, 0) is 47.2 Å². The van der Waals surface area contributed by atoms with Gasteiger partial charge >= 0.3 is 23.9 Å². The molecule has 5 aromatic rings. The fourth-order valence-corrected chi connectivity index (χ4v) is 5.36. The fraction of sp³-hybridized carbons (Fsp3) is 0. The van der Waals surface area contributed by atoms with Crippen LogP contribution in [-0.4, -0.2) is 35.4 Å². The van der Waals surface area contributed by atoms with Crippen molar-refractivity contribution in [1.82, 2.24) is 0 Å². The molecule has 0 radical (unpaired) electrons. The summed E-state index contributed by atoms with van der Waals surface area (Å²) in [6.07, 6.45) is 0. The van der Waals surface area contributed by atoms with Crippen LogP contribution in [0, 0.1) is 0 Å². The molecular weight excluding hydrogens is 512 g/mol. The summed E-state index contributed by atoms with van der Waals surface area (Å²) in [6.45, 7) is 0. The molecule has 0 unspecified atom stereocenters. The first-order valence-corrected chi connectivity index (χ1v) is 12.2. The molecule has 0 saturated heterocycles. The Morgan fingerprint density at radius 1 is 0.425 bits per heavy atom. The Kier molecular flexibility index (Phi) is 4.89. The van der Waals surface area contributed by atoms with E-state index in [0.29, 0.717) is 43.8 Å². The summed E-state index contributed by atoms with van der Waals surface area (Å²) in [4.78, 5) is 75.9. The van der Waals surface area contributed by atoms with E-state index in [-0.39, 0.29) is 33.8 Å². The molecule has 0 amide bonds. The van der Waals surface area contributed by atoms with Crippen molar-refractivity contribution in [2.45, 2.75) is 0 Å². The second-order valence-corrected chi connectivity index (χ2v) is 9.37. The van der Waals surface area contributed by atoms with Gasteiger partial charge in [0.1, 0.15) is 0 Å². The minimum absolute atomic E-state index is 0.207. The van der Waals surface area contributed by atoms with Crippen molar-refractivity contribution in [2.75, 3.05) is 0 Å². The smallest absolute Gasteiger partial charge is 0.346 e. The lowest BCUT2D eigenvalue weighted by atomic mass is 9.89. The lowest BCUT2D eigenvalue weighted by molar-refractivity contribution is 0.0373. The van der Waals surface area contributed by atoms with Crippen molar-refractivity contribution in [1.29, 1.82) is 0 Å². The van der Waals surface area contributed by atoms with E-state index in [4.69, 9.17) is 9.47 Å². The van der Waals surface area contributed by atoms with Crippen LogP contribution in [0.4, 0.5) is 0 Å². The van der Waals surface area contributed by atoms with Gasteiger partial charge in [0.2, 0.25) is 0 Å². The van der Waals surface area contributed by atoms with Gasteiger partial charge in [0.25, 0.3) is 0 Å². The first kappa shape index (κ1) is 23.4. The van der Waals surface area contributed by atoms with Crippen molar-refractivity contribution in [2.24, 2.45) is 0 Å². The van der Waals surface area contributed by atoms with E-state index in [2.05, 4.69) is 0 Å². The highest BCUT2D eigenvalue weighted by atomic mass is 16.6. The summed E-state index contributed by atoms with van der Waals surface area (Å²) in [5.74, 6) is -3.78. The highest BCUT2D eigenvalue weighted by molar-refractivity contribution is 6.27. The van der Waals surface area contributed by atoms with E-state index >= 15 is 0 Å². The van der Waals surface area contributed by atoms with Gasteiger partial charge in [-0.3, -0.25) is 9.59 Å². The molecule has 2 aliphatic rings. The summed E-state index contributed by atoms with van der Waals surface area (Å²) < 4.78 is 9.57. The highest BCUT2D eigenvalue weighted by Crippen LogP contribution is 2.34. The second-order valence-electron chi connectivity index (χ2n) is 9.37. The van der Waals surface area contributed by atoms with Crippen LogP contribution in [-0.2, 0) is 9.47 Å².